The molecule has 3 rings (SSSR count). The summed E-state index contributed by atoms with van der Waals surface area (Å²) in [5, 5.41) is 8.50. The van der Waals surface area contributed by atoms with Gasteiger partial charge in [-0.15, -0.1) is 0 Å². The predicted molar refractivity (Wildman–Crippen MR) is 97.7 cm³/mol. The second kappa shape index (κ2) is 6.85. The summed E-state index contributed by atoms with van der Waals surface area (Å²) in [6.07, 6.45) is 1.51. The SMILES string of the molecule is Cc1c(C(=O)Nc2ccc(Cl)cc2Cl)cnn1-c1cccc(Cl)c1. The molecule has 0 spiro atoms. The van der Waals surface area contributed by atoms with Gasteiger partial charge in [-0.2, -0.15) is 5.10 Å². The van der Waals surface area contributed by atoms with Crippen LogP contribution in [-0.4, -0.2) is 15.7 Å². The largest absolute Gasteiger partial charge is 0.321 e. The zero-order valence-electron chi connectivity index (χ0n) is 12.6. The number of halogens is 3. The molecule has 0 saturated heterocycles. The van der Waals surface area contributed by atoms with E-state index in [-0.39, 0.29) is 5.91 Å². The number of aromatic nitrogens is 2. The number of hydrogen-bond acceptors (Lipinski definition) is 2. The number of nitrogens with zero attached hydrogens (tertiary/aromatic N) is 2. The van der Waals surface area contributed by atoms with Crippen molar-refractivity contribution in [1.82, 2.24) is 9.78 Å². The second-order valence-corrected chi connectivity index (χ2v) is 6.39. The number of amides is 1. The zero-order valence-corrected chi connectivity index (χ0v) is 14.8. The third-order valence-electron chi connectivity index (χ3n) is 3.49. The van der Waals surface area contributed by atoms with E-state index in [1.165, 1.54) is 6.20 Å². The molecular weight excluding hydrogens is 369 g/mol. The number of carbonyl (C=O) groups excluding carboxylic acids is 1. The van der Waals surface area contributed by atoms with Gasteiger partial charge in [-0.1, -0.05) is 40.9 Å². The molecule has 3 aromatic rings. The quantitative estimate of drug-likeness (QED) is 0.662. The van der Waals surface area contributed by atoms with Gasteiger partial charge in [0.25, 0.3) is 5.91 Å². The van der Waals surface area contributed by atoms with E-state index >= 15 is 0 Å². The number of anilines is 1. The molecule has 0 aliphatic carbocycles. The molecule has 7 heteroatoms. The van der Waals surface area contributed by atoms with Crippen LogP contribution in [0.15, 0.2) is 48.7 Å². The van der Waals surface area contributed by atoms with Gasteiger partial charge in [0.1, 0.15) is 0 Å². The van der Waals surface area contributed by atoms with Crippen LogP contribution < -0.4 is 5.32 Å². The van der Waals surface area contributed by atoms with E-state index in [4.69, 9.17) is 34.8 Å². The minimum Gasteiger partial charge on any atom is -0.321 e. The fourth-order valence-corrected chi connectivity index (χ4v) is 2.92. The van der Waals surface area contributed by atoms with Crippen LogP contribution in [0.1, 0.15) is 16.1 Å². The molecule has 0 saturated carbocycles. The minimum atomic E-state index is -0.301. The molecule has 0 atom stereocenters. The van der Waals surface area contributed by atoms with Crippen molar-refractivity contribution in [2.24, 2.45) is 0 Å². The lowest BCUT2D eigenvalue weighted by atomic mass is 10.2. The third-order valence-corrected chi connectivity index (χ3v) is 4.27. The highest BCUT2D eigenvalue weighted by Gasteiger charge is 2.16. The lowest BCUT2D eigenvalue weighted by Gasteiger charge is -2.08. The summed E-state index contributed by atoms with van der Waals surface area (Å²) in [6.45, 7) is 1.81. The first-order valence-electron chi connectivity index (χ1n) is 7.02. The first kappa shape index (κ1) is 16.8. The molecule has 1 heterocycles. The van der Waals surface area contributed by atoms with Gasteiger partial charge in [-0.3, -0.25) is 4.79 Å². The smallest absolute Gasteiger partial charge is 0.259 e. The highest BCUT2D eigenvalue weighted by atomic mass is 35.5. The van der Waals surface area contributed by atoms with Crippen molar-refractivity contribution in [1.29, 1.82) is 0 Å². The van der Waals surface area contributed by atoms with Crippen LogP contribution in [0.25, 0.3) is 5.69 Å². The highest BCUT2D eigenvalue weighted by molar-refractivity contribution is 6.36. The maximum absolute atomic E-state index is 12.5. The van der Waals surface area contributed by atoms with E-state index in [0.29, 0.717) is 32.0 Å². The van der Waals surface area contributed by atoms with Crippen LogP contribution in [0.3, 0.4) is 0 Å². The molecule has 0 aliphatic rings. The van der Waals surface area contributed by atoms with E-state index in [2.05, 4.69) is 10.4 Å². The Balaban J connectivity index is 1.89. The summed E-state index contributed by atoms with van der Waals surface area (Å²) in [4.78, 5) is 12.5. The van der Waals surface area contributed by atoms with Gasteiger partial charge in [0.15, 0.2) is 0 Å². The summed E-state index contributed by atoms with van der Waals surface area (Å²) < 4.78 is 1.66. The lowest BCUT2D eigenvalue weighted by Crippen LogP contribution is -2.13. The summed E-state index contributed by atoms with van der Waals surface area (Å²) in [6, 6.07) is 12.1. The van der Waals surface area contributed by atoms with Crippen molar-refractivity contribution in [3.05, 3.63) is 75.0 Å². The van der Waals surface area contributed by atoms with Crippen LogP contribution in [-0.2, 0) is 0 Å². The first-order valence-corrected chi connectivity index (χ1v) is 8.16. The van der Waals surface area contributed by atoms with E-state index in [0.717, 1.165) is 5.69 Å². The van der Waals surface area contributed by atoms with E-state index in [9.17, 15) is 4.79 Å². The summed E-state index contributed by atoms with van der Waals surface area (Å²) in [7, 11) is 0. The van der Waals surface area contributed by atoms with Gasteiger partial charge in [-0.25, -0.2) is 4.68 Å². The summed E-state index contributed by atoms with van der Waals surface area (Å²) in [5.74, 6) is -0.301. The topological polar surface area (TPSA) is 46.9 Å². The molecule has 0 bridgehead atoms. The Bertz CT molecular complexity index is 921. The van der Waals surface area contributed by atoms with Gasteiger partial charge >= 0.3 is 0 Å². The molecule has 0 radical (unpaired) electrons. The summed E-state index contributed by atoms with van der Waals surface area (Å²) in [5.41, 5.74) is 2.41. The molecule has 1 amide bonds. The molecule has 0 fully saturated rings. The monoisotopic (exact) mass is 379 g/mol. The van der Waals surface area contributed by atoms with Crippen molar-refractivity contribution in [3.63, 3.8) is 0 Å². The average molecular weight is 381 g/mol. The van der Waals surface area contributed by atoms with Crippen molar-refractivity contribution in [2.75, 3.05) is 5.32 Å². The normalized spacial score (nSPS) is 10.7. The highest BCUT2D eigenvalue weighted by Crippen LogP contribution is 2.26. The number of hydrogen-bond donors (Lipinski definition) is 1. The molecule has 4 nitrogen and oxygen atoms in total. The number of nitrogens with one attached hydrogen (secondary N) is 1. The van der Waals surface area contributed by atoms with Crippen molar-refractivity contribution in [2.45, 2.75) is 6.92 Å². The average Bonchev–Trinajstić information content (AvgIpc) is 2.92. The Morgan fingerprint density at radius 2 is 1.83 bits per heavy atom. The maximum Gasteiger partial charge on any atom is 0.259 e. The van der Waals surface area contributed by atoms with Crippen molar-refractivity contribution < 1.29 is 4.79 Å². The predicted octanol–water partition coefficient (Wildman–Crippen LogP) is 5.39. The van der Waals surface area contributed by atoms with Gasteiger partial charge in [0.2, 0.25) is 0 Å². The van der Waals surface area contributed by atoms with Gasteiger partial charge in [0.05, 0.1) is 33.9 Å². The Hall–Kier alpha value is -2.01. The van der Waals surface area contributed by atoms with Crippen LogP contribution in [0.5, 0.6) is 0 Å². The molecule has 24 heavy (non-hydrogen) atoms. The minimum absolute atomic E-state index is 0.301. The standard InChI is InChI=1S/C17H12Cl3N3O/c1-10-14(9-21-23(10)13-4-2-3-11(18)7-13)17(24)22-16-6-5-12(19)8-15(16)20/h2-9H,1H3,(H,22,24). The fourth-order valence-electron chi connectivity index (χ4n) is 2.28. The molecule has 122 valence electrons. The van der Waals surface area contributed by atoms with E-state index < -0.39 is 0 Å². The Morgan fingerprint density at radius 3 is 2.54 bits per heavy atom. The summed E-state index contributed by atoms with van der Waals surface area (Å²) >= 11 is 18.0. The van der Waals surface area contributed by atoms with Crippen molar-refractivity contribution >= 4 is 46.4 Å². The molecule has 1 N–H and O–H groups in total. The number of carbonyl (C=O) groups is 1. The van der Waals surface area contributed by atoms with Gasteiger partial charge < -0.3 is 5.32 Å². The third kappa shape index (κ3) is 3.41. The molecular formula is C17H12Cl3N3O. The van der Waals surface area contributed by atoms with Crippen LogP contribution >= 0.6 is 34.8 Å². The molecule has 2 aromatic carbocycles. The van der Waals surface area contributed by atoms with Crippen LogP contribution in [0, 0.1) is 6.92 Å². The van der Waals surface area contributed by atoms with E-state index in [1.807, 2.05) is 19.1 Å². The van der Waals surface area contributed by atoms with Gasteiger partial charge in [0, 0.05) is 10.0 Å². The Morgan fingerprint density at radius 1 is 1.08 bits per heavy atom. The first-order chi connectivity index (χ1) is 11.5. The molecule has 1 aromatic heterocycles. The van der Waals surface area contributed by atoms with Crippen LogP contribution in [0.4, 0.5) is 5.69 Å². The maximum atomic E-state index is 12.5. The Labute approximate surface area is 154 Å². The number of benzene rings is 2. The zero-order chi connectivity index (χ0) is 17.3. The number of rotatable bonds is 3. The lowest BCUT2D eigenvalue weighted by molar-refractivity contribution is 0.102. The fraction of sp³-hybridized carbons (Fsp3) is 0.0588. The van der Waals surface area contributed by atoms with Crippen LogP contribution in [0.2, 0.25) is 15.1 Å². The Kier molecular flexibility index (Phi) is 4.81. The van der Waals surface area contributed by atoms with Crippen molar-refractivity contribution in [3.8, 4) is 5.69 Å². The van der Waals surface area contributed by atoms with E-state index in [1.54, 1.807) is 35.0 Å². The molecule has 0 aliphatic heterocycles. The van der Waals surface area contributed by atoms with Gasteiger partial charge in [-0.05, 0) is 43.3 Å². The second-order valence-electron chi connectivity index (χ2n) is 5.11. The molecule has 0 unspecified atom stereocenters.